The predicted molar refractivity (Wildman–Crippen MR) is 65.7 cm³/mol. The van der Waals surface area contributed by atoms with Gasteiger partial charge in [-0.2, -0.15) is 0 Å². The summed E-state index contributed by atoms with van der Waals surface area (Å²) >= 11 is 5.85. The number of hydrogen-bond acceptors (Lipinski definition) is 2. The molecule has 0 saturated carbocycles. The molecule has 1 aliphatic rings. The van der Waals surface area contributed by atoms with Crippen molar-refractivity contribution < 1.29 is 4.39 Å². The fourth-order valence-electron chi connectivity index (χ4n) is 2.24. The largest absolute Gasteiger partial charge is 0.371 e. The number of nitrogens with one attached hydrogen (secondary N) is 1. The van der Waals surface area contributed by atoms with Gasteiger partial charge in [0.25, 0.3) is 0 Å². The zero-order valence-electron chi connectivity index (χ0n) is 9.34. The van der Waals surface area contributed by atoms with Crippen LogP contribution < -0.4 is 10.2 Å². The first-order valence-electron chi connectivity index (χ1n) is 5.54. The second-order valence-electron chi connectivity index (χ2n) is 4.29. The number of benzene rings is 1. The van der Waals surface area contributed by atoms with Crippen molar-refractivity contribution in [1.29, 1.82) is 0 Å². The van der Waals surface area contributed by atoms with Gasteiger partial charge >= 0.3 is 0 Å². The van der Waals surface area contributed by atoms with Gasteiger partial charge in [-0.3, -0.25) is 0 Å². The molecule has 1 fully saturated rings. The highest BCUT2D eigenvalue weighted by Gasteiger charge is 2.22. The van der Waals surface area contributed by atoms with Crippen molar-refractivity contribution in [2.45, 2.75) is 6.42 Å². The summed E-state index contributed by atoms with van der Waals surface area (Å²) in [5.74, 6) is 0.381. The Morgan fingerprint density at radius 1 is 1.50 bits per heavy atom. The summed E-state index contributed by atoms with van der Waals surface area (Å²) in [6.07, 6.45) is 1.15. The Morgan fingerprint density at radius 2 is 2.31 bits per heavy atom. The van der Waals surface area contributed by atoms with E-state index in [0.29, 0.717) is 10.9 Å². The van der Waals surface area contributed by atoms with Crippen LogP contribution in [0.1, 0.15) is 6.42 Å². The maximum absolute atomic E-state index is 13.2. The van der Waals surface area contributed by atoms with Crippen LogP contribution in [0.3, 0.4) is 0 Å². The molecular weight excluding hydrogens is 227 g/mol. The Bertz CT molecular complexity index is 350. The van der Waals surface area contributed by atoms with Gasteiger partial charge in [-0.05, 0) is 44.1 Å². The molecule has 2 rings (SSSR count). The van der Waals surface area contributed by atoms with Crippen LogP contribution in [-0.2, 0) is 0 Å². The second kappa shape index (κ2) is 5.02. The SMILES string of the molecule is CNCC1CCN(c2cc(F)cc(Cl)c2)C1. The molecule has 1 aromatic carbocycles. The normalized spacial score (nSPS) is 20.4. The number of halogens is 2. The third-order valence-corrected chi connectivity index (χ3v) is 3.21. The van der Waals surface area contributed by atoms with Crippen molar-refractivity contribution in [3.05, 3.63) is 29.0 Å². The summed E-state index contributed by atoms with van der Waals surface area (Å²) in [4.78, 5) is 2.19. The van der Waals surface area contributed by atoms with Gasteiger partial charge in [-0.15, -0.1) is 0 Å². The summed E-state index contributed by atoms with van der Waals surface area (Å²) in [6.45, 7) is 2.96. The Kier molecular flexibility index (Phi) is 3.66. The van der Waals surface area contributed by atoms with Crippen molar-refractivity contribution >= 4 is 17.3 Å². The van der Waals surface area contributed by atoms with Crippen LogP contribution in [0.4, 0.5) is 10.1 Å². The molecule has 2 nitrogen and oxygen atoms in total. The minimum atomic E-state index is -0.264. The van der Waals surface area contributed by atoms with E-state index in [9.17, 15) is 4.39 Å². The molecule has 4 heteroatoms. The summed E-state index contributed by atoms with van der Waals surface area (Å²) in [6, 6.07) is 4.71. The molecule has 1 saturated heterocycles. The topological polar surface area (TPSA) is 15.3 Å². The maximum atomic E-state index is 13.2. The lowest BCUT2D eigenvalue weighted by molar-refractivity contribution is 0.549. The molecule has 1 unspecified atom stereocenters. The molecule has 0 aliphatic carbocycles. The van der Waals surface area contributed by atoms with E-state index in [1.807, 2.05) is 13.1 Å². The van der Waals surface area contributed by atoms with Gasteiger partial charge < -0.3 is 10.2 Å². The zero-order chi connectivity index (χ0) is 11.5. The first-order valence-corrected chi connectivity index (χ1v) is 5.92. The summed E-state index contributed by atoms with van der Waals surface area (Å²) < 4.78 is 13.2. The highest BCUT2D eigenvalue weighted by atomic mass is 35.5. The number of rotatable bonds is 3. The van der Waals surface area contributed by atoms with Crippen molar-refractivity contribution in [3.8, 4) is 0 Å². The fourth-order valence-corrected chi connectivity index (χ4v) is 2.46. The van der Waals surface area contributed by atoms with Crippen molar-refractivity contribution in [3.63, 3.8) is 0 Å². The lowest BCUT2D eigenvalue weighted by atomic mass is 10.1. The Hall–Kier alpha value is -0.800. The first-order chi connectivity index (χ1) is 7.69. The molecular formula is C12H16ClFN2. The van der Waals surface area contributed by atoms with Crippen LogP contribution in [0.5, 0.6) is 0 Å². The Morgan fingerprint density at radius 3 is 3.00 bits per heavy atom. The molecule has 1 aliphatic heterocycles. The van der Waals surface area contributed by atoms with Crippen molar-refractivity contribution in [2.75, 3.05) is 31.6 Å². The van der Waals surface area contributed by atoms with Gasteiger partial charge in [0.1, 0.15) is 5.82 Å². The van der Waals surface area contributed by atoms with E-state index in [0.717, 1.165) is 31.7 Å². The molecule has 0 bridgehead atoms. The molecule has 0 spiro atoms. The zero-order valence-corrected chi connectivity index (χ0v) is 10.1. The van der Waals surface area contributed by atoms with Gasteiger partial charge in [0.05, 0.1) is 0 Å². The molecule has 16 heavy (non-hydrogen) atoms. The average molecular weight is 243 g/mol. The fraction of sp³-hybridized carbons (Fsp3) is 0.500. The maximum Gasteiger partial charge on any atom is 0.126 e. The smallest absolute Gasteiger partial charge is 0.126 e. The van der Waals surface area contributed by atoms with Crippen LogP contribution in [0.2, 0.25) is 5.02 Å². The number of anilines is 1. The molecule has 1 aromatic rings. The lowest BCUT2D eigenvalue weighted by Crippen LogP contribution is -2.24. The molecule has 0 aromatic heterocycles. The minimum Gasteiger partial charge on any atom is -0.371 e. The molecule has 88 valence electrons. The molecule has 1 atom stereocenters. The highest BCUT2D eigenvalue weighted by Crippen LogP contribution is 2.26. The van der Waals surface area contributed by atoms with Gasteiger partial charge in [0.2, 0.25) is 0 Å². The third-order valence-electron chi connectivity index (χ3n) is 2.99. The van der Waals surface area contributed by atoms with Gasteiger partial charge in [-0.25, -0.2) is 4.39 Å². The van der Waals surface area contributed by atoms with Crippen molar-refractivity contribution in [1.82, 2.24) is 5.32 Å². The number of nitrogens with zero attached hydrogens (tertiary/aromatic N) is 1. The standard InChI is InChI=1S/C12H16ClFN2/c1-15-7-9-2-3-16(8-9)12-5-10(13)4-11(14)6-12/h4-6,9,15H,2-3,7-8H2,1H3. The molecule has 1 N–H and O–H groups in total. The van der Waals surface area contributed by atoms with E-state index in [1.54, 1.807) is 6.07 Å². The van der Waals surface area contributed by atoms with Crippen LogP contribution in [0.25, 0.3) is 0 Å². The highest BCUT2D eigenvalue weighted by molar-refractivity contribution is 6.30. The van der Waals surface area contributed by atoms with Crippen molar-refractivity contribution in [2.24, 2.45) is 5.92 Å². The summed E-state index contributed by atoms with van der Waals surface area (Å²) in [7, 11) is 1.96. The summed E-state index contributed by atoms with van der Waals surface area (Å²) in [5, 5.41) is 3.64. The quantitative estimate of drug-likeness (QED) is 0.876. The van der Waals surface area contributed by atoms with E-state index in [1.165, 1.54) is 6.07 Å². The van der Waals surface area contributed by atoms with E-state index in [-0.39, 0.29) is 5.82 Å². The molecule has 0 radical (unpaired) electrons. The Balaban J connectivity index is 2.08. The van der Waals surface area contributed by atoms with Crippen LogP contribution in [-0.4, -0.2) is 26.7 Å². The lowest BCUT2D eigenvalue weighted by Gasteiger charge is -2.19. The Labute approximate surface area is 100 Å². The first kappa shape index (κ1) is 11.7. The van der Waals surface area contributed by atoms with Gasteiger partial charge in [-0.1, -0.05) is 11.6 Å². The van der Waals surface area contributed by atoms with E-state index in [4.69, 9.17) is 11.6 Å². The van der Waals surface area contributed by atoms with E-state index < -0.39 is 0 Å². The monoisotopic (exact) mass is 242 g/mol. The third kappa shape index (κ3) is 2.66. The summed E-state index contributed by atoms with van der Waals surface area (Å²) in [5.41, 5.74) is 0.892. The van der Waals surface area contributed by atoms with E-state index >= 15 is 0 Å². The minimum absolute atomic E-state index is 0.264. The number of hydrogen-bond donors (Lipinski definition) is 1. The van der Waals surface area contributed by atoms with Crippen LogP contribution in [0.15, 0.2) is 18.2 Å². The molecule has 0 amide bonds. The average Bonchev–Trinajstić information content (AvgIpc) is 2.65. The van der Waals surface area contributed by atoms with Crippen LogP contribution >= 0.6 is 11.6 Å². The van der Waals surface area contributed by atoms with E-state index in [2.05, 4.69) is 10.2 Å². The second-order valence-corrected chi connectivity index (χ2v) is 4.72. The van der Waals surface area contributed by atoms with Crippen LogP contribution in [0, 0.1) is 11.7 Å². The van der Waals surface area contributed by atoms with Gasteiger partial charge in [0, 0.05) is 23.8 Å². The van der Waals surface area contributed by atoms with Gasteiger partial charge in [0.15, 0.2) is 0 Å². The molecule has 1 heterocycles. The predicted octanol–water partition coefficient (Wildman–Crippen LogP) is 2.52.